The van der Waals surface area contributed by atoms with Crippen LogP contribution in [0.1, 0.15) is 34.1 Å². The Balaban J connectivity index is 4.26. The van der Waals surface area contributed by atoms with Crippen molar-refractivity contribution in [2.75, 3.05) is 13.7 Å². The highest BCUT2D eigenvalue weighted by Gasteiger charge is 2.21. The number of rotatable bonds is 3. The van der Waals surface area contributed by atoms with Crippen molar-refractivity contribution in [3.8, 4) is 0 Å². The van der Waals surface area contributed by atoms with Crippen LogP contribution in [0.5, 0.6) is 0 Å². The Hall–Kier alpha value is -0.100. The fourth-order valence-electron chi connectivity index (χ4n) is 1.23. The molecule has 0 aromatic carbocycles. The van der Waals surface area contributed by atoms with Gasteiger partial charge in [0.25, 0.3) is 0 Å². The van der Waals surface area contributed by atoms with E-state index in [2.05, 4.69) is 27.4 Å². The molecule has 0 aromatic heterocycles. The molecular formula is C10H22NOP. The maximum absolute atomic E-state index is 11.2. The van der Waals surface area contributed by atoms with Crippen molar-refractivity contribution in [1.82, 2.24) is 4.90 Å². The molecule has 0 spiro atoms. The lowest BCUT2D eigenvalue weighted by molar-refractivity contribution is -0.128. The lowest BCUT2D eigenvalue weighted by Crippen LogP contribution is -2.34. The SMILES string of the molecule is CPC(CC(C)(C)C)N(C)C(C)=O. The molecule has 0 aromatic rings. The molecule has 0 aliphatic carbocycles. The summed E-state index contributed by atoms with van der Waals surface area (Å²) in [5.74, 6) is 0.584. The zero-order valence-corrected chi connectivity index (χ0v) is 10.6. The zero-order chi connectivity index (χ0) is 10.6. The molecule has 0 heterocycles. The fraction of sp³-hybridized carbons (Fsp3) is 0.900. The number of nitrogens with zero attached hydrogens (tertiary/aromatic N) is 1. The molecule has 0 rings (SSSR count). The molecule has 78 valence electrons. The van der Waals surface area contributed by atoms with Gasteiger partial charge in [-0.25, -0.2) is 0 Å². The van der Waals surface area contributed by atoms with E-state index in [-0.39, 0.29) is 5.91 Å². The first-order valence-electron chi connectivity index (χ1n) is 4.68. The van der Waals surface area contributed by atoms with Gasteiger partial charge in [-0.3, -0.25) is 4.79 Å². The maximum atomic E-state index is 11.2. The number of hydrogen-bond acceptors (Lipinski definition) is 1. The molecule has 2 nitrogen and oxygen atoms in total. The lowest BCUT2D eigenvalue weighted by Gasteiger charge is -2.31. The summed E-state index contributed by atoms with van der Waals surface area (Å²) in [6, 6.07) is 0. The molecule has 2 atom stereocenters. The minimum Gasteiger partial charge on any atom is -0.339 e. The summed E-state index contributed by atoms with van der Waals surface area (Å²) < 4.78 is 0. The summed E-state index contributed by atoms with van der Waals surface area (Å²) in [6.07, 6.45) is 1.08. The van der Waals surface area contributed by atoms with Crippen molar-refractivity contribution < 1.29 is 4.79 Å². The van der Waals surface area contributed by atoms with Crippen molar-refractivity contribution >= 4 is 14.5 Å². The zero-order valence-electron chi connectivity index (χ0n) is 9.64. The molecule has 0 aliphatic rings. The van der Waals surface area contributed by atoms with Gasteiger partial charge in [0.15, 0.2) is 0 Å². The van der Waals surface area contributed by atoms with Crippen LogP contribution in [0.25, 0.3) is 0 Å². The van der Waals surface area contributed by atoms with Gasteiger partial charge in [0, 0.05) is 19.8 Å². The first kappa shape index (κ1) is 12.9. The number of carbonyl (C=O) groups excluding carboxylic acids is 1. The molecule has 3 heteroatoms. The van der Waals surface area contributed by atoms with E-state index in [9.17, 15) is 4.79 Å². The second kappa shape index (κ2) is 4.95. The van der Waals surface area contributed by atoms with E-state index in [0.29, 0.717) is 11.2 Å². The van der Waals surface area contributed by atoms with Crippen LogP contribution in [0.2, 0.25) is 0 Å². The highest BCUT2D eigenvalue weighted by atomic mass is 31.1. The Morgan fingerprint density at radius 3 is 2.15 bits per heavy atom. The Morgan fingerprint density at radius 1 is 1.46 bits per heavy atom. The van der Waals surface area contributed by atoms with Crippen molar-refractivity contribution in [3.05, 3.63) is 0 Å². The molecule has 0 N–H and O–H groups in total. The number of amides is 1. The van der Waals surface area contributed by atoms with Crippen LogP contribution in [0.3, 0.4) is 0 Å². The van der Waals surface area contributed by atoms with Gasteiger partial charge in [-0.2, -0.15) is 0 Å². The third-order valence-corrected chi connectivity index (χ3v) is 3.36. The van der Waals surface area contributed by atoms with Crippen LogP contribution in [0, 0.1) is 5.41 Å². The Morgan fingerprint density at radius 2 is 1.92 bits per heavy atom. The van der Waals surface area contributed by atoms with Crippen LogP contribution in [-0.2, 0) is 4.79 Å². The average Bonchev–Trinajstić information content (AvgIpc) is 1.97. The summed E-state index contributed by atoms with van der Waals surface area (Å²) in [5.41, 5.74) is 0.303. The fourth-order valence-corrected chi connectivity index (χ4v) is 2.62. The minimum atomic E-state index is 0.170. The van der Waals surface area contributed by atoms with Crippen molar-refractivity contribution in [1.29, 1.82) is 0 Å². The molecule has 0 saturated heterocycles. The molecule has 0 saturated carbocycles. The molecule has 0 radical (unpaired) electrons. The minimum absolute atomic E-state index is 0.170. The third kappa shape index (κ3) is 5.25. The van der Waals surface area contributed by atoms with Gasteiger partial charge in [-0.05, 0) is 18.5 Å². The van der Waals surface area contributed by atoms with E-state index in [0.717, 1.165) is 15.0 Å². The largest absolute Gasteiger partial charge is 0.339 e. The molecule has 0 bridgehead atoms. The summed E-state index contributed by atoms with van der Waals surface area (Å²) in [4.78, 5) is 13.0. The average molecular weight is 203 g/mol. The number of carbonyl (C=O) groups is 1. The number of hydrogen-bond donors (Lipinski definition) is 0. The van der Waals surface area contributed by atoms with Gasteiger partial charge < -0.3 is 4.90 Å². The van der Waals surface area contributed by atoms with Gasteiger partial charge in [0.1, 0.15) is 0 Å². The van der Waals surface area contributed by atoms with E-state index in [1.807, 2.05) is 11.9 Å². The molecule has 0 fully saturated rings. The van der Waals surface area contributed by atoms with Crippen molar-refractivity contribution in [3.63, 3.8) is 0 Å². The highest BCUT2D eigenvalue weighted by molar-refractivity contribution is 7.37. The monoisotopic (exact) mass is 203 g/mol. The molecule has 1 amide bonds. The Bertz CT molecular complexity index is 174. The second-order valence-corrected chi connectivity index (χ2v) is 5.94. The molecule has 13 heavy (non-hydrogen) atoms. The standard InChI is InChI=1S/C10H22NOP/c1-8(12)11(5)9(13-6)7-10(2,3)4/h9,13H,7H2,1-6H3. The van der Waals surface area contributed by atoms with Gasteiger partial charge in [-0.1, -0.05) is 20.8 Å². The summed E-state index contributed by atoms with van der Waals surface area (Å²) in [7, 11) is 2.70. The highest BCUT2D eigenvalue weighted by Crippen LogP contribution is 2.31. The predicted molar refractivity (Wildman–Crippen MR) is 60.5 cm³/mol. The second-order valence-electron chi connectivity index (χ2n) is 4.70. The van der Waals surface area contributed by atoms with Crippen LogP contribution in [0.15, 0.2) is 0 Å². The van der Waals surface area contributed by atoms with Gasteiger partial charge >= 0.3 is 0 Å². The smallest absolute Gasteiger partial charge is 0.219 e. The first-order valence-corrected chi connectivity index (χ1v) is 6.26. The quantitative estimate of drug-likeness (QED) is 0.645. The Kier molecular flexibility index (Phi) is 4.91. The van der Waals surface area contributed by atoms with E-state index in [4.69, 9.17) is 0 Å². The van der Waals surface area contributed by atoms with Crippen LogP contribution >= 0.6 is 8.58 Å². The van der Waals surface area contributed by atoms with Crippen molar-refractivity contribution in [2.45, 2.75) is 39.9 Å². The van der Waals surface area contributed by atoms with E-state index < -0.39 is 0 Å². The lowest BCUT2D eigenvalue weighted by atomic mass is 9.92. The van der Waals surface area contributed by atoms with E-state index >= 15 is 0 Å². The maximum Gasteiger partial charge on any atom is 0.219 e. The normalized spacial score (nSPS) is 14.9. The molecular weight excluding hydrogens is 181 g/mol. The van der Waals surface area contributed by atoms with Crippen LogP contribution < -0.4 is 0 Å². The van der Waals surface area contributed by atoms with Crippen molar-refractivity contribution in [2.24, 2.45) is 5.41 Å². The summed E-state index contributed by atoms with van der Waals surface area (Å²) in [6.45, 7) is 10.4. The molecule has 2 unspecified atom stereocenters. The summed E-state index contributed by atoms with van der Waals surface area (Å²) in [5, 5.41) is 0. The van der Waals surface area contributed by atoms with Crippen LogP contribution in [0.4, 0.5) is 0 Å². The molecule has 0 aliphatic heterocycles. The third-order valence-electron chi connectivity index (χ3n) is 2.10. The first-order chi connectivity index (χ1) is 5.78. The van der Waals surface area contributed by atoms with E-state index in [1.165, 1.54) is 0 Å². The Labute approximate surface area is 83.9 Å². The topological polar surface area (TPSA) is 20.3 Å². The predicted octanol–water partition coefficient (Wildman–Crippen LogP) is 2.54. The van der Waals surface area contributed by atoms with Gasteiger partial charge in [0.2, 0.25) is 5.91 Å². The van der Waals surface area contributed by atoms with Gasteiger partial charge in [-0.15, -0.1) is 8.58 Å². The van der Waals surface area contributed by atoms with Gasteiger partial charge in [0.05, 0.1) is 0 Å². The van der Waals surface area contributed by atoms with Crippen LogP contribution in [-0.4, -0.2) is 30.3 Å². The van der Waals surface area contributed by atoms with E-state index in [1.54, 1.807) is 6.92 Å². The summed E-state index contributed by atoms with van der Waals surface area (Å²) >= 11 is 0.